The zero-order valence-corrected chi connectivity index (χ0v) is 12.6. The van der Waals surface area contributed by atoms with Gasteiger partial charge in [-0.25, -0.2) is 0 Å². The van der Waals surface area contributed by atoms with E-state index in [2.05, 4.69) is 18.9 Å². The first-order chi connectivity index (χ1) is 9.00. The van der Waals surface area contributed by atoms with E-state index in [4.69, 9.17) is 0 Å². The van der Waals surface area contributed by atoms with E-state index in [0.29, 0.717) is 0 Å². The minimum atomic E-state index is -0.550. The molecule has 2 fully saturated rings. The van der Waals surface area contributed by atoms with Gasteiger partial charge in [-0.1, -0.05) is 39.0 Å². The van der Waals surface area contributed by atoms with E-state index < -0.39 is 11.4 Å². The predicted molar refractivity (Wildman–Crippen MR) is 77.2 cm³/mol. The Morgan fingerprint density at radius 1 is 1.00 bits per heavy atom. The van der Waals surface area contributed by atoms with Gasteiger partial charge in [0.1, 0.15) is 0 Å². The predicted octanol–water partition coefficient (Wildman–Crippen LogP) is 3.53. The van der Waals surface area contributed by atoms with Crippen LogP contribution < -0.4 is 0 Å². The average Bonchev–Trinajstić information content (AvgIpc) is 2.69. The van der Waals surface area contributed by atoms with Crippen LogP contribution in [-0.2, 0) is 4.79 Å². The zero-order chi connectivity index (χ0) is 13.9. The Morgan fingerprint density at radius 2 is 1.58 bits per heavy atom. The number of carboxylic acid groups (broad SMARTS) is 1. The molecule has 19 heavy (non-hydrogen) atoms. The molecule has 0 spiro atoms. The summed E-state index contributed by atoms with van der Waals surface area (Å²) in [5, 5.41) is 10.0. The molecule has 0 aromatic rings. The summed E-state index contributed by atoms with van der Waals surface area (Å²) in [4.78, 5) is 14.4. The van der Waals surface area contributed by atoms with Crippen LogP contribution in [0.5, 0.6) is 0 Å². The van der Waals surface area contributed by atoms with Gasteiger partial charge in [-0.05, 0) is 44.7 Å². The first-order valence-corrected chi connectivity index (χ1v) is 7.92. The number of hydrogen-bond donors (Lipinski definition) is 1. The molecule has 110 valence electrons. The fourth-order valence-corrected chi connectivity index (χ4v) is 4.34. The maximum absolute atomic E-state index is 12.2. The van der Waals surface area contributed by atoms with Gasteiger partial charge in [0.15, 0.2) is 0 Å². The van der Waals surface area contributed by atoms with Crippen LogP contribution in [0.4, 0.5) is 0 Å². The average molecular weight is 267 g/mol. The van der Waals surface area contributed by atoms with Crippen molar-refractivity contribution in [2.75, 3.05) is 20.1 Å². The van der Waals surface area contributed by atoms with Gasteiger partial charge in [-0.3, -0.25) is 4.79 Å². The summed E-state index contributed by atoms with van der Waals surface area (Å²) in [6.07, 6.45) is 10.2. The normalized spacial score (nSPS) is 33.4. The largest absolute Gasteiger partial charge is 0.481 e. The van der Waals surface area contributed by atoms with Gasteiger partial charge in [0, 0.05) is 6.54 Å². The Kier molecular flexibility index (Phi) is 4.54. The molecule has 0 bridgehead atoms. The quantitative estimate of drug-likeness (QED) is 0.778. The molecule has 1 saturated heterocycles. The number of nitrogens with zero attached hydrogens (tertiary/aromatic N) is 1. The summed E-state index contributed by atoms with van der Waals surface area (Å²) in [6.45, 7) is 4.04. The molecule has 2 rings (SSSR count). The summed E-state index contributed by atoms with van der Waals surface area (Å²) >= 11 is 0. The fraction of sp³-hybridized carbons (Fsp3) is 0.938. The first-order valence-electron chi connectivity index (χ1n) is 7.92. The highest BCUT2D eigenvalue weighted by Crippen LogP contribution is 2.52. The Bertz CT molecular complexity index is 321. The molecule has 0 aromatic heterocycles. The molecule has 1 atom stereocenters. The highest BCUT2D eigenvalue weighted by molar-refractivity contribution is 5.76. The Hall–Kier alpha value is -0.570. The molecule has 1 aliphatic heterocycles. The van der Waals surface area contributed by atoms with E-state index in [1.165, 1.54) is 25.7 Å². The van der Waals surface area contributed by atoms with Crippen LogP contribution in [0.2, 0.25) is 0 Å². The molecule has 1 N–H and O–H groups in total. The molecule has 0 aromatic carbocycles. The highest BCUT2D eigenvalue weighted by Gasteiger charge is 2.53. The number of likely N-dealkylation sites (tertiary alicyclic amines) is 1. The Balaban J connectivity index is 2.33. The topological polar surface area (TPSA) is 40.5 Å². The van der Waals surface area contributed by atoms with Crippen LogP contribution in [-0.4, -0.2) is 36.1 Å². The van der Waals surface area contributed by atoms with Gasteiger partial charge in [-0.15, -0.1) is 0 Å². The molecular weight excluding hydrogens is 238 g/mol. The Labute approximate surface area is 117 Å². The molecule has 0 radical (unpaired) electrons. The highest BCUT2D eigenvalue weighted by atomic mass is 16.4. The van der Waals surface area contributed by atoms with Crippen molar-refractivity contribution in [2.45, 2.75) is 64.7 Å². The molecule has 2 aliphatic rings. The van der Waals surface area contributed by atoms with E-state index in [1.807, 2.05) is 0 Å². The van der Waals surface area contributed by atoms with Crippen molar-refractivity contribution >= 4 is 5.97 Å². The van der Waals surface area contributed by atoms with E-state index in [9.17, 15) is 9.90 Å². The molecule has 3 nitrogen and oxygen atoms in total. The van der Waals surface area contributed by atoms with Crippen molar-refractivity contribution in [3.63, 3.8) is 0 Å². The molecular formula is C16H29NO2. The lowest BCUT2D eigenvalue weighted by atomic mass is 9.58. The summed E-state index contributed by atoms with van der Waals surface area (Å²) < 4.78 is 0. The molecule has 1 saturated carbocycles. The number of aliphatic carboxylic acids is 1. The van der Waals surface area contributed by atoms with E-state index in [1.54, 1.807) is 0 Å². The number of carbonyl (C=O) groups is 1. The van der Waals surface area contributed by atoms with Crippen LogP contribution in [0, 0.1) is 10.8 Å². The third-order valence-corrected chi connectivity index (χ3v) is 5.71. The second-order valence-electron chi connectivity index (χ2n) is 7.06. The van der Waals surface area contributed by atoms with Crippen LogP contribution >= 0.6 is 0 Å². The van der Waals surface area contributed by atoms with Gasteiger partial charge in [-0.2, -0.15) is 0 Å². The van der Waals surface area contributed by atoms with Crippen LogP contribution in [0.25, 0.3) is 0 Å². The zero-order valence-electron chi connectivity index (χ0n) is 12.6. The van der Waals surface area contributed by atoms with E-state index in [0.717, 1.165) is 45.2 Å². The van der Waals surface area contributed by atoms with Gasteiger partial charge in [0.25, 0.3) is 0 Å². The van der Waals surface area contributed by atoms with Crippen molar-refractivity contribution < 1.29 is 9.90 Å². The van der Waals surface area contributed by atoms with Crippen LogP contribution in [0.15, 0.2) is 0 Å². The summed E-state index contributed by atoms with van der Waals surface area (Å²) in [5.41, 5.74) is -0.545. The van der Waals surface area contributed by atoms with Gasteiger partial charge >= 0.3 is 5.97 Å². The van der Waals surface area contributed by atoms with Crippen LogP contribution in [0.3, 0.4) is 0 Å². The monoisotopic (exact) mass is 267 g/mol. The maximum Gasteiger partial charge on any atom is 0.311 e. The second kappa shape index (κ2) is 5.82. The minimum Gasteiger partial charge on any atom is -0.481 e. The van der Waals surface area contributed by atoms with Gasteiger partial charge in [0.05, 0.1) is 5.41 Å². The Morgan fingerprint density at radius 3 is 2.16 bits per heavy atom. The third-order valence-electron chi connectivity index (χ3n) is 5.71. The molecule has 1 aliphatic carbocycles. The number of rotatable bonds is 2. The van der Waals surface area contributed by atoms with Crippen molar-refractivity contribution in [3.8, 4) is 0 Å². The lowest BCUT2D eigenvalue weighted by molar-refractivity contribution is -0.161. The molecule has 1 unspecified atom stereocenters. The summed E-state index contributed by atoms with van der Waals surface area (Å²) in [6, 6.07) is 0. The SMILES string of the molecule is CN1CCCCC(C(=O)O)(C2(C)CCCCCC2)C1. The molecule has 1 heterocycles. The lowest BCUT2D eigenvalue weighted by Gasteiger charge is -2.46. The number of carboxylic acids is 1. The van der Waals surface area contributed by atoms with Crippen molar-refractivity contribution in [1.82, 2.24) is 4.90 Å². The third kappa shape index (κ3) is 2.81. The maximum atomic E-state index is 12.2. The standard InChI is InChI=1S/C16H29NO2/c1-15(9-5-3-4-6-10-15)16(14(18)19)11-7-8-12-17(2)13-16/h3-13H2,1-2H3,(H,18,19). The fourth-order valence-electron chi connectivity index (χ4n) is 4.34. The summed E-state index contributed by atoms with van der Waals surface area (Å²) in [5.74, 6) is -0.550. The lowest BCUT2D eigenvalue weighted by Crippen LogP contribution is -2.51. The molecule has 3 heteroatoms. The van der Waals surface area contributed by atoms with E-state index >= 15 is 0 Å². The van der Waals surface area contributed by atoms with Gasteiger partial charge < -0.3 is 10.0 Å². The second-order valence-corrected chi connectivity index (χ2v) is 7.06. The van der Waals surface area contributed by atoms with E-state index in [-0.39, 0.29) is 5.41 Å². The summed E-state index contributed by atoms with van der Waals surface area (Å²) in [7, 11) is 2.09. The number of hydrogen-bond acceptors (Lipinski definition) is 2. The van der Waals surface area contributed by atoms with Crippen molar-refractivity contribution in [1.29, 1.82) is 0 Å². The van der Waals surface area contributed by atoms with Crippen LogP contribution in [0.1, 0.15) is 64.7 Å². The minimum absolute atomic E-state index is 0.0199. The smallest absolute Gasteiger partial charge is 0.311 e. The van der Waals surface area contributed by atoms with Crippen molar-refractivity contribution in [3.05, 3.63) is 0 Å². The van der Waals surface area contributed by atoms with Gasteiger partial charge in [0.2, 0.25) is 0 Å². The van der Waals surface area contributed by atoms with Crippen molar-refractivity contribution in [2.24, 2.45) is 10.8 Å². The first kappa shape index (κ1) is 14.8. The molecule has 0 amide bonds.